The molecule has 2 aliphatic rings. The van der Waals surface area contributed by atoms with E-state index in [9.17, 15) is 9.59 Å². The van der Waals surface area contributed by atoms with Crippen LogP contribution in [-0.4, -0.2) is 33.9 Å². The zero-order valence-corrected chi connectivity index (χ0v) is 12.8. The van der Waals surface area contributed by atoms with Crippen LogP contribution in [0.4, 0.5) is 0 Å². The minimum atomic E-state index is -0.186. The van der Waals surface area contributed by atoms with Gasteiger partial charge >= 0.3 is 0 Å². The van der Waals surface area contributed by atoms with Gasteiger partial charge in [0.2, 0.25) is 5.56 Å². The third kappa shape index (κ3) is 2.93. The maximum Gasteiger partial charge on any atom is 0.254 e. The van der Waals surface area contributed by atoms with Crippen molar-refractivity contribution in [3.8, 4) is 0 Å². The Hall–Kier alpha value is -2.37. The first kappa shape index (κ1) is 14.2. The van der Waals surface area contributed by atoms with Gasteiger partial charge in [-0.25, -0.2) is 4.98 Å². The Morgan fingerprint density at radius 1 is 1.17 bits per heavy atom. The minimum Gasteiger partial charge on any atom is -0.448 e. The Labute approximate surface area is 133 Å². The highest BCUT2D eigenvalue weighted by Gasteiger charge is 2.28. The highest BCUT2D eigenvalue weighted by molar-refractivity contribution is 5.94. The molecule has 1 N–H and O–H groups in total. The van der Waals surface area contributed by atoms with Crippen LogP contribution in [0.1, 0.15) is 59.3 Å². The highest BCUT2D eigenvalue weighted by Crippen LogP contribution is 2.38. The molecular weight excluding hydrogens is 294 g/mol. The molecule has 2 aromatic rings. The Morgan fingerprint density at radius 2 is 1.96 bits per heavy atom. The summed E-state index contributed by atoms with van der Waals surface area (Å²) in [5, 5.41) is 0. The summed E-state index contributed by atoms with van der Waals surface area (Å²) in [5.74, 6) is 1.59. The molecule has 0 spiro atoms. The van der Waals surface area contributed by atoms with Gasteiger partial charge in [0.05, 0.1) is 6.20 Å². The fourth-order valence-corrected chi connectivity index (χ4v) is 3.28. The van der Waals surface area contributed by atoms with Crippen LogP contribution >= 0.6 is 0 Å². The Bertz CT molecular complexity index is 754. The molecule has 23 heavy (non-hydrogen) atoms. The topological polar surface area (TPSA) is 79.2 Å². The standard InChI is InChI=1S/C17H19N3O3/c21-16-8-13(7-14(19-16)11-1-2-11)17(22)20-5-3-12(4-6-20)15-9-18-10-23-15/h7-12H,1-6H2,(H,19,21). The molecule has 120 valence electrons. The summed E-state index contributed by atoms with van der Waals surface area (Å²) in [5.41, 5.74) is 1.22. The van der Waals surface area contributed by atoms with Gasteiger partial charge in [-0.1, -0.05) is 0 Å². The van der Waals surface area contributed by atoms with Crippen molar-refractivity contribution < 1.29 is 9.21 Å². The van der Waals surface area contributed by atoms with Crippen LogP contribution in [0, 0.1) is 0 Å². The third-order valence-corrected chi connectivity index (χ3v) is 4.77. The lowest BCUT2D eigenvalue weighted by Crippen LogP contribution is -2.38. The van der Waals surface area contributed by atoms with Crippen molar-refractivity contribution in [1.29, 1.82) is 0 Å². The smallest absolute Gasteiger partial charge is 0.254 e. The number of aromatic nitrogens is 2. The average molecular weight is 313 g/mol. The molecular formula is C17H19N3O3. The first-order valence-corrected chi connectivity index (χ1v) is 8.12. The van der Waals surface area contributed by atoms with E-state index in [0.717, 1.165) is 37.1 Å². The summed E-state index contributed by atoms with van der Waals surface area (Å²) in [7, 11) is 0. The van der Waals surface area contributed by atoms with Crippen LogP contribution in [0.15, 0.2) is 33.9 Å². The first-order chi connectivity index (χ1) is 11.2. The molecule has 6 nitrogen and oxygen atoms in total. The number of hydrogen-bond donors (Lipinski definition) is 1. The summed E-state index contributed by atoms with van der Waals surface area (Å²) in [6.07, 6.45) is 7.11. The molecule has 1 saturated carbocycles. The first-order valence-electron chi connectivity index (χ1n) is 8.12. The quantitative estimate of drug-likeness (QED) is 0.942. The molecule has 1 aliphatic heterocycles. The number of oxazole rings is 1. The van der Waals surface area contributed by atoms with E-state index in [1.165, 1.54) is 12.5 Å². The normalized spacial score (nSPS) is 19.0. The van der Waals surface area contributed by atoms with E-state index in [1.54, 1.807) is 6.20 Å². The molecule has 4 rings (SSSR count). The second-order valence-electron chi connectivity index (χ2n) is 6.43. The van der Waals surface area contributed by atoms with E-state index < -0.39 is 0 Å². The van der Waals surface area contributed by atoms with Crippen LogP contribution in [-0.2, 0) is 0 Å². The van der Waals surface area contributed by atoms with Crippen molar-refractivity contribution in [3.05, 3.63) is 52.1 Å². The van der Waals surface area contributed by atoms with Crippen LogP contribution in [0.25, 0.3) is 0 Å². The lowest BCUT2D eigenvalue weighted by atomic mass is 9.94. The van der Waals surface area contributed by atoms with E-state index in [1.807, 2.05) is 11.0 Å². The molecule has 1 saturated heterocycles. The number of piperidine rings is 1. The maximum atomic E-state index is 12.7. The number of nitrogens with zero attached hydrogens (tertiary/aromatic N) is 2. The average Bonchev–Trinajstić information content (AvgIpc) is 3.28. The number of aromatic amines is 1. The molecule has 3 heterocycles. The molecule has 2 aromatic heterocycles. The summed E-state index contributed by atoms with van der Waals surface area (Å²) < 4.78 is 5.36. The van der Waals surface area contributed by atoms with E-state index >= 15 is 0 Å². The largest absolute Gasteiger partial charge is 0.448 e. The molecule has 1 aliphatic carbocycles. The number of nitrogens with one attached hydrogen (secondary N) is 1. The maximum absolute atomic E-state index is 12.7. The van der Waals surface area contributed by atoms with Gasteiger partial charge in [0.1, 0.15) is 5.76 Å². The summed E-state index contributed by atoms with van der Waals surface area (Å²) >= 11 is 0. The van der Waals surface area contributed by atoms with E-state index in [0.29, 0.717) is 30.5 Å². The van der Waals surface area contributed by atoms with Crippen LogP contribution in [0.5, 0.6) is 0 Å². The number of pyridine rings is 1. The van der Waals surface area contributed by atoms with Crippen LogP contribution in [0.3, 0.4) is 0 Å². The predicted molar refractivity (Wildman–Crippen MR) is 83.4 cm³/mol. The van der Waals surface area contributed by atoms with Gasteiger partial charge in [-0.3, -0.25) is 9.59 Å². The van der Waals surface area contributed by atoms with Gasteiger partial charge in [0.15, 0.2) is 6.39 Å². The van der Waals surface area contributed by atoms with E-state index in [4.69, 9.17) is 4.42 Å². The molecule has 0 unspecified atom stereocenters. The second-order valence-corrected chi connectivity index (χ2v) is 6.43. The molecule has 0 radical (unpaired) electrons. The van der Waals surface area contributed by atoms with Crippen molar-refractivity contribution >= 4 is 5.91 Å². The van der Waals surface area contributed by atoms with Crippen LogP contribution < -0.4 is 5.56 Å². The Balaban J connectivity index is 1.47. The van der Waals surface area contributed by atoms with Crippen molar-refractivity contribution in [1.82, 2.24) is 14.9 Å². The zero-order valence-electron chi connectivity index (χ0n) is 12.8. The lowest BCUT2D eigenvalue weighted by Gasteiger charge is -2.31. The fraction of sp³-hybridized carbons (Fsp3) is 0.471. The van der Waals surface area contributed by atoms with Gasteiger partial charge in [0, 0.05) is 36.3 Å². The van der Waals surface area contributed by atoms with E-state index in [-0.39, 0.29) is 11.5 Å². The van der Waals surface area contributed by atoms with Gasteiger partial charge in [-0.15, -0.1) is 0 Å². The monoisotopic (exact) mass is 313 g/mol. The molecule has 2 fully saturated rings. The van der Waals surface area contributed by atoms with Crippen molar-refractivity contribution in [3.63, 3.8) is 0 Å². The zero-order chi connectivity index (χ0) is 15.8. The third-order valence-electron chi connectivity index (χ3n) is 4.77. The number of carbonyl (C=O) groups excluding carboxylic acids is 1. The number of amides is 1. The lowest BCUT2D eigenvalue weighted by molar-refractivity contribution is 0.0707. The highest BCUT2D eigenvalue weighted by atomic mass is 16.3. The van der Waals surface area contributed by atoms with Gasteiger partial charge in [-0.2, -0.15) is 0 Å². The predicted octanol–water partition coefficient (Wildman–Crippen LogP) is 2.26. The summed E-state index contributed by atoms with van der Waals surface area (Å²) in [4.78, 5) is 33.1. The number of H-pyrrole nitrogens is 1. The number of carbonyl (C=O) groups is 1. The summed E-state index contributed by atoms with van der Waals surface area (Å²) in [6, 6.07) is 3.26. The SMILES string of the molecule is O=C(c1cc(C2CC2)[nH]c(=O)c1)N1CCC(c2cnco2)CC1. The van der Waals surface area contributed by atoms with Gasteiger partial charge in [0.25, 0.3) is 5.91 Å². The number of rotatable bonds is 3. The number of likely N-dealkylation sites (tertiary alicyclic amines) is 1. The molecule has 0 aromatic carbocycles. The minimum absolute atomic E-state index is 0.0472. The van der Waals surface area contributed by atoms with E-state index in [2.05, 4.69) is 9.97 Å². The molecule has 6 heteroatoms. The number of hydrogen-bond acceptors (Lipinski definition) is 4. The van der Waals surface area contributed by atoms with Crippen molar-refractivity contribution in [2.24, 2.45) is 0 Å². The van der Waals surface area contributed by atoms with Crippen molar-refractivity contribution in [2.45, 2.75) is 37.5 Å². The summed E-state index contributed by atoms with van der Waals surface area (Å²) in [6.45, 7) is 1.35. The molecule has 0 bridgehead atoms. The Kier molecular flexibility index (Phi) is 3.52. The molecule has 1 amide bonds. The second kappa shape index (κ2) is 5.68. The van der Waals surface area contributed by atoms with Crippen molar-refractivity contribution in [2.75, 3.05) is 13.1 Å². The van der Waals surface area contributed by atoms with Crippen LogP contribution in [0.2, 0.25) is 0 Å². The van der Waals surface area contributed by atoms with Gasteiger partial charge in [-0.05, 0) is 37.7 Å². The Morgan fingerprint density at radius 3 is 2.61 bits per heavy atom. The molecule has 0 atom stereocenters. The fourth-order valence-electron chi connectivity index (χ4n) is 3.28. The van der Waals surface area contributed by atoms with Gasteiger partial charge < -0.3 is 14.3 Å².